The van der Waals surface area contributed by atoms with E-state index in [-0.39, 0.29) is 17.9 Å². The third-order valence-electron chi connectivity index (χ3n) is 5.92. The lowest BCUT2D eigenvalue weighted by molar-refractivity contribution is -0.120. The molecule has 2 unspecified atom stereocenters. The molecule has 1 aliphatic rings. The normalized spacial score (nSPS) is 16.7. The van der Waals surface area contributed by atoms with Crippen molar-refractivity contribution in [3.63, 3.8) is 0 Å². The second-order valence-corrected chi connectivity index (χ2v) is 10.7. The minimum absolute atomic E-state index is 0.0309. The van der Waals surface area contributed by atoms with Crippen molar-refractivity contribution in [1.29, 1.82) is 0 Å². The number of halogens is 1. The highest BCUT2D eigenvalue weighted by atomic mass is 35.5. The summed E-state index contributed by atoms with van der Waals surface area (Å²) in [6.45, 7) is 2.84. The van der Waals surface area contributed by atoms with Gasteiger partial charge in [-0.1, -0.05) is 42.0 Å². The Labute approximate surface area is 217 Å². The molecule has 0 bridgehead atoms. The summed E-state index contributed by atoms with van der Waals surface area (Å²) in [6, 6.07) is 15.6. The number of hydrazone groups is 1. The fourth-order valence-corrected chi connectivity index (χ4v) is 6.05. The fraction of sp³-hybridized carbons (Fsp3) is 0.280. The van der Waals surface area contributed by atoms with E-state index in [4.69, 9.17) is 16.7 Å². The number of amides is 1. The van der Waals surface area contributed by atoms with Gasteiger partial charge in [0, 0.05) is 46.6 Å². The molecule has 0 saturated carbocycles. The number of benzene rings is 2. The number of nitrogens with one attached hydrogen (secondary N) is 2. The molecule has 2 N–H and O–H groups in total. The van der Waals surface area contributed by atoms with Crippen molar-refractivity contribution < 1.29 is 4.79 Å². The van der Waals surface area contributed by atoms with Crippen molar-refractivity contribution in [1.82, 2.24) is 20.3 Å². The van der Waals surface area contributed by atoms with Gasteiger partial charge in [0.05, 0.1) is 28.2 Å². The monoisotopic (exact) mass is 524 g/mol. The highest BCUT2D eigenvalue weighted by Gasteiger charge is 2.42. The molecule has 0 spiro atoms. The molecule has 35 heavy (non-hydrogen) atoms. The second-order valence-electron chi connectivity index (χ2n) is 8.22. The number of thioether (sulfide) groups is 1. The minimum Gasteiger partial charge on any atom is -0.348 e. The standard InChI is InChI=1S/C25H25ClN6OS2/c1-2-19(28-12-11-17-13-27-15-29-17)23-21(14-34-18-9-7-16(26)8-10-18)31-32(24(23)33)25-30-20-5-3-4-6-22(20)35-25/h3-10,13,15,19,23,28H,2,11-12,14H2,1H3,(H,27,29). The average Bonchev–Trinajstić information content (AvgIpc) is 3.61. The lowest BCUT2D eigenvalue weighted by Crippen LogP contribution is -2.45. The van der Waals surface area contributed by atoms with Gasteiger partial charge >= 0.3 is 0 Å². The molecule has 7 nitrogen and oxygen atoms in total. The van der Waals surface area contributed by atoms with Crippen molar-refractivity contribution in [2.45, 2.75) is 30.7 Å². The van der Waals surface area contributed by atoms with Crippen molar-refractivity contribution >= 4 is 61.7 Å². The molecular formula is C25H25ClN6OS2. The van der Waals surface area contributed by atoms with E-state index in [9.17, 15) is 4.79 Å². The molecule has 1 amide bonds. The summed E-state index contributed by atoms with van der Waals surface area (Å²) in [7, 11) is 0. The molecule has 2 aromatic heterocycles. The van der Waals surface area contributed by atoms with Crippen LogP contribution >= 0.6 is 34.7 Å². The Morgan fingerprint density at radius 1 is 1.23 bits per heavy atom. The van der Waals surface area contributed by atoms with Crippen molar-refractivity contribution in [3.05, 3.63) is 71.8 Å². The third-order valence-corrected chi connectivity index (χ3v) is 8.23. The van der Waals surface area contributed by atoms with Crippen molar-refractivity contribution in [2.75, 3.05) is 17.3 Å². The topological polar surface area (TPSA) is 86.3 Å². The number of aromatic nitrogens is 3. The van der Waals surface area contributed by atoms with E-state index in [1.165, 1.54) is 16.3 Å². The largest absolute Gasteiger partial charge is 0.348 e. The van der Waals surface area contributed by atoms with Crippen LogP contribution in [0.5, 0.6) is 0 Å². The number of anilines is 1. The van der Waals surface area contributed by atoms with E-state index in [2.05, 4.69) is 27.2 Å². The second kappa shape index (κ2) is 10.9. The quantitative estimate of drug-likeness (QED) is 0.271. The molecule has 5 rings (SSSR count). The number of nitrogens with zero attached hydrogens (tertiary/aromatic N) is 4. The Kier molecular flexibility index (Phi) is 7.48. The molecule has 0 radical (unpaired) electrons. The number of hydrogen-bond donors (Lipinski definition) is 2. The number of carbonyl (C=O) groups is 1. The number of carbonyl (C=O) groups excluding carboxylic acids is 1. The fourth-order valence-electron chi connectivity index (χ4n) is 4.12. The number of thiazole rings is 1. The maximum absolute atomic E-state index is 13.7. The Balaban J connectivity index is 1.38. The van der Waals surface area contributed by atoms with Gasteiger partial charge in [0.15, 0.2) is 0 Å². The van der Waals surface area contributed by atoms with Gasteiger partial charge in [-0.3, -0.25) is 4.79 Å². The van der Waals surface area contributed by atoms with Gasteiger partial charge in [0.25, 0.3) is 5.91 Å². The van der Waals surface area contributed by atoms with Crippen LogP contribution < -0.4 is 10.3 Å². The Morgan fingerprint density at radius 3 is 2.80 bits per heavy atom. The minimum atomic E-state index is -0.353. The lowest BCUT2D eigenvalue weighted by atomic mass is 9.93. The summed E-state index contributed by atoms with van der Waals surface area (Å²) in [5.74, 6) is 0.225. The number of fused-ring (bicyclic) bond motifs is 1. The number of para-hydroxylation sites is 1. The van der Waals surface area contributed by atoms with Crippen LogP contribution in [-0.4, -0.2) is 44.9 Å². The van der Waals surface area contributed by atoms with Crippen LogP contribution in [0.25, 0.3) is 10.2 Å². The van der Waals surface area contributed by atoms with Gasteiger partial charge in [-0.05, 0) is 42.8 Å². The van der Waals surface area contributed by atoms with E-state index in [0.29, 0.717) is 15.9 Å². The van der Waals surface area contributed by atoms with Crippen molar-refractivity contribution in [3.8, 4) is 0 Å². The van der Waals surface area contributed by atoms with Gasteiger partial charge in [0.1, 0.15) is 0 Å². The number of H-pyrrole nitrogens is 1. The summed E-state index contributed by atoms with van der Waals surface area (Å²) >= 11 is 9.19. The van der Waals surface area contributed by atoms with Crippen LogP contribution in [0.1, 0.15) is 19.0 Å². The Hall–Kier alpha value is -2.72. The number of aromatic amines is 1. The van der Waals surface area contributed by atoms with E-state index in [1.54, 1.807) is 18.1 Å². The summed E-state index contributed by atoms with van der Waals surface area (Å²) in [6.07, 6.45) is 5.12. The first-order valence-electron chi connectivity index (χ1n) is 11.5. The number of hydrogen-bond acceptors (Lipinski definition) is 7. The third kappa shape index (κ3) is 5.43. The van der Waals surface area contributed by atoms with E-state index in [0.717, 1.165) is 45.9 Å². The van der Waals surface area contributed by atoms with Crippen LogP contribution in [-0.2, 0) is 11.2 Å². The Bertz CT molecular complexity index is 1290. The summed E-state index contributed by atoms with van der Waals surface area (Å²) < 4.78 is 1.04. The number of imidazole rings is 1. The first-order valence-corrected chi connectivity index (χ1v) is 13.7. The maximum atomic E-state index is 13.7. The smallest absolute Gasteiger partial charge is 0.259 e. The van der Waals surface area contributed by atoms with E-state index < -0.39 is 0 Å². The first-order chi connectivity index (χ1) is 17.1. The molecule has 1 aliphatic heterocycles. The molecule has 2 atom stereocenters. The Morgan fingerprint density at radius 2 is 2.06 bits per heavy atom. The predicted molar refractivity (Wildman–Crippen MR) is 145 cm³/mol. The van der Waals surface area contributed by atoms with Crippen molar-refractivity contribution in [2.24, 2.45) is 11.0 Å². The molecule has 4 aromatic rings. The molecule has 0 saturated heterocycles. The SMILES string of the molecule is CCC(NCCc1cnc[nH]1)C1C(=O)N(c2nc3ccccc3s2)N=C1CSc1ccc(Cl)cc1. The molecule has 2 aromatic carbocycles. The lowest BCUT2D eigenvalue weighted by Gasteiger charge is -2.23. The van der Waals surface area contributed by atoms with E-state index in [1.807, 2.05) is 54.7 Å². The molecule has 10 heteroatoms. The molecule has 180 valence electrons. The molecule has 0 aliphatic carbocycles. The van der Waals surface area contributed by atoms with Gasteiger partial charge in [-0.25, -0.2) is 9.97 Å². The summed E-state index contributed by atoms with van der Waals surface area (Å²) in [5.41, 5.74) is 2.80. The predicted octanol–water partition coefficient (Wildman–Crippen LogP) is 5.39. The molecule has 3 heterocycles. The van der Waals surface area contributed by atoms with Crippen LogP contribution in [0.2, 0.25) is 5.02 Å². The average molecular weight is 525 g/mol. The maximum Gasteiger partial charge on any atom is 0.259 e. The van der Waals surface area contributed by atoms with E-state index >= 15 is 0 Å². The summed E-state index contributed by atoms with van der Waals surface area (Å²) in [5, 5.41) is 11.2. The van der Waals surface area contributed by atoms with Crippen LogP contribution in [0.15, 0.2) is 71.1 Å². The van der Waals surface area contributed by atoms with Gasteiger partial charge in [-0.2, -0.15) is 10.1 Å². The van der Waals surface area contributed by atoms with Gasteiger partial charge in [-0.15, -0.1) is 11.8 Å². The highest BCUT2D eigenvalue weighted by Crippen LogP contribution is 2.34. The van der Waals surface area contributed by atoms with Gasteiger partial charge < -0.3 is 10.3 Å². The number of rotatable bonds is 10. The highest BCUT2D eigenvalue weighted by molar-refractivity contribution is 8.00. The van der Waals surface area contributed by atoms with Crippen LogP contribution in [0, 0.1) is 5.92 Å². The van der Waals surface area contributed by atoms with Crippen LogP contribution in [0.4, 0.5) is 5.13 Å². The molecule has 0 fully saturated rings. The zero-order chi connectivity index (χ0) is 24.2. The van der Waals surface area contributed by atoms with Gasteiger partial charge in [0.2, 0.25) is 5.13 Å². The summed E-state index contributed by atoms with van der Waals surface area (Å²) in [4.78, 5) is 26.7. The first kappa shape index (κ1) is 24.0. The van der Waals surface area contributed by atoms with Crippen LogP contribution in [0.3, 0.4) is 0 Å². The molecular weight excluding hydrogens is 500 g/mol. The zero-order valence-electron chi connectivity index (χ0n) is 19.1. The zero-order valence-corrected chi connectivity index (χ0v) is 21.5.